The molecule has 9 heteroatoms. The highest BCUT2D eigenvalue weighted by Crippen LogP contribution is 2.27. The maximum atomic E-state index is 14.3. The highest BCUT2D eigenvalue weighted by atomic mass is 35.5. The average molecular weight is 638 g/mol. The minimum atomic E-state index is -3.83. The highest BCUT2D eigenvalue weighted by Gasteiger charge is 2.34. The van der Waals surface area contributed by atoms with Gasteiger partial charge in [-0.25, -0.2) is 8.42 Å². The summed E-state index contributed by atoms with van der Waals surface area (Å²) < 4.78 is 27.3. The molecule has 236 valence electrons. The van der Waals surface area contributed by atoms with E-state index in [4.69, 9.17) is 11.6 Å². The number of nitrogens with zero attached hydrogens (tertiary/aromatic N) is 2. The lowest BCUT2D eigenvalue weighted by Crippen LogP contribution is -2.55. The van der Waals surface area contributed by atoms with Crippen LogP contribution in [0.15, 0.2) is 78.9 Å². The van der Waals surface area contributed by atoms with Gasteiger partial charge >= 0.3 is 0 Å². The van der Waals surface area contributed by atoms with E-state index < -0.39 is 28.5 Å². The highest BCUT2D eigenvalue weighted by molar-refractivity contribution is 7.92. The molecule has 0 radical (unpaired) electrons. The van der Waals surface area contributed by atoms with Crippen LogP contribution in [0.25, 0.3) is 0 Å². The Bertz CT molecular complexity index is 1500. The van der Waals surface area contributed by atoms with Crippen LogP contribution in [0.4, 0.5) is 5.69 Å². The molecule has 0 heterocycles. The molecular weight excluding hydrogens is 594 g/mol. The number of carbonyl (C=O) groups is 2. The van der Waals surface area contributed by atoms with Crippen molar-refractivity contribution in [3.63, 3.8) is 0 Å². The number of hydrogen-bond donors (Lipinski definition) is 1. The summed E-state index contributed by atoms with van der Waals surface area (Å²) in [4.78, 5) is 29.9. The third kappa shape index (κ3) is 9.32. The smallest absolute Gasteiger partial charge is 0.244 e. The number of anilines is 1. The van der Waals surface area contributed by atoms with Gasteiger partial charge in [0.1, 0.15) is 12.6 Å². The normalized spacial score (nSPS) is 14.9. The quantitative estimate of drug-likeness (QED) is 0.260. The molecule has 1 aliphatic rings. The molecule has 4 rings (SSSR count). The van der Waals surface area contributed by atoms with Gasteiger partial charge in [0.25, 0.3) is 0 Å². The lowest BCUT2D eigenvalue weighted by atomic mass is 9.87. The standard InChI is InChI=1S/C35H44ClN3O4S/c1-35(2,3)28-17-21-31(22-18-28)39(44(4,42)43)25-33(40)38(24-27-15-19-29(36)20-16-27)32(23-26-11-7-5-8-12-26)34(41)37-30-13-9-6-10-14-30/h5,7-8,11-12,15-22,30,32H,6,9-10,13-14,23-25H2,1-4H3,(H,37,41)/t32-/m0/s1. The van der Waals surface area contributed by atoms with Crippen molar-refractivity contribution in [3.8, 4) is 0 Å². The molecule has 1 atom stereocenters. The first-order valence-corrected chi connectivity index (χ1v) is 17.5. The summed E-state index contributed by atoms with van der Waals surface area (Å²) in [6, 6.07) is 23.2. The summed E-state index contributed by atoms with van der Waals surface area (Å²) >= 11 is 6.15. The molecular formula is C35H44ClN3O4S. The molecule has 44 heavy (non-hydrogen) atoms. The van der Waals surface area contributed by atoms with E-state index in [-0.39, 0.29) is 30.3 Å². The topological polar surface area (TPSA) is 86.8 Å². The lowest BCUT2D eigenvalue weighted by Gasteiger charge is -2.35. The fraction of sp³-hybridized carbons (Fsp3) is 0.429. The van der Waals surface area contributed by atoms with Gasteiger partial charge in [-0.15, -0.1) is 0 Å². The number of carbonyl (C=O) groups excluding carboxylic acids is 2. The van der Waals surface area contributed by atoms with Gasteiger partial charge in [-0.1, -0.05) is 106 Å². The SMILES string of the molecule is CC(C)(C)c1ccc(N(CC(=O)N(Cc2ccc(Cl)cc2)[C@@H](Cc2ccccc2)C(=O)NC2CCCCC2)S(C)(=O)=O)cc1. The van der Waals surface area contributed by atoms with Crippen LogP contribution in [0.5, 0.6) is 0 Å². The van der Waals surface area contributed by atoms with Crippen molar-refractivity contribution in [2.45, 2.75) is 83.3 Å². The zero-order valence-electron chi connectivity index (χ0n) is 26.1. The predicted octanol–water partition coefficient (Wildman–Crippen LogP) is 6.49. The minimum absolute atomic E-state index is 0.0517. The fourth-order valence-corrected chi connectivity index (χ4v) is 6.60. The van der Waals surface area contributed by atoms with Gasteiger partial charge in [-0.3, -0.25) is 13.9 Å². The first kappa shape index (κ1) is 33.5. The lowest BCUT2D eigenvalue weighted by molar-refractivity contribution is -0.140. The summed E-state index contributed by atoms with van der Waals surface area (Å²) in [5.74, 6) is -0.700. The Balaban J connectivity index is 1.71. The molecule has 0 aliphatic heterocycles. The maximum absolute atomic E-state index is 14.3. The Morgan fingerprint density at radius 1 is 0.886 bits per heavy atom. The van der Waals surface area contributed by atoms with E-state index in [0.717, 1.165) is 59.4 Å². The van der Waals surface area contributed by atoms with E-state index in [1.165, 1.54) is 4.90 Å². The summed E-state index contributed by atoms with van der Waals surface area (Å²) in [6.07, 6.45) is 6.45. The van der Waals surface area contributed by atoms with Crippen molar-refractivity contribution >= 4 is 39.1 Å². The van der Waals surface area contributed by atoms with Crippen LogP contribution in [-0.4, -0.2) is 50.0 Å². The first-order chi connectivity index (χ1) is 20.8. The molecule has 0 spiro atoms. The van der Waals surface area contributed by atoms with Gasteiger partial charge < -0.3 is 10.2 Å². The van der Waals surface area contributed by atoms with Crippen LogP contribution in [0.3, 0.4) is 0 Å². The zero-order valence-corrected chi connectivity index (χ0v) is 27.7. The predicted molar refractivity (Wildman–Crippen MR) is 178 cm³/mol. The summed E-state index contributed by atoms with van der Waals surface area (Å²) in [5, 5.41) is 3.78. The number of nitrogens with one attached hydrogen (secondary N) is 1. The molecule has 1 aliphatic carbocycles. The molecule has 0 saturated heterocycles. The number of hydrogen-bond acceptors (Lipinski definition) is 4. The van der Waals surface area contributed by atoms with Crippen molar-refractivity contribution in [1.29, 1.82) is 0 Å². The van der Waals surface area contributed by atoms with Crippen molar-refractivity contribution in [3.05, 3.63) is 101 Å². The second kappa shape index (κ2) is 14.6. The van der Waals surface area contributed by atoms with Crippen molar-refractivity contribution in [1.82, 2.24) is 10.2 Å². The van der Waals surface area contributed by atoms with Crippen LogP contribution in [-0.2, 0) is 38.0 Å². The van der Waals surface area contributed by atoms with E-state index in [9.17, 15) is 18.0 Å². The molecule has 1 N–H and O–H groups in total. The van der Waals surface area contributed by atoms with E-state index >= 15 is 0 Å². The van der Waals surface area contributed by atoms with Gasteiger partial charge in [0.2, 0.25) is 21.8 Å². The number of sulfonamides is 1. The van der Waals surface area contributed by atoms with Gasteiger partial charge in [0.05, 0.1) is 11.9 Å². The third-order valence-electron chi connectivity index (χ3n) is 8.19. The van der Waals surface area contributed by atoms with E-state index in [0.29, 0.717) is 10.7 Å². The second-order valence-corrected chi connectivity index (χ2v) is 15.1. The molecule has 7 nitrogen and oxygen atoms in total. The third-order valence-corrected chi connectivity index (χ3v) is 9.58. The molecule has 2 amide bonds. The van der Waals surface area contributed by atoms with Crippen molar-refractivity contribution in [2.24, 2.45) is 0 Å². The maximum Gasteiger partial charge on any atom is 0.244 e. The van der Waals surface area contributed by atoms with E-state index in [1.54, 1.807) is 24.3 Å². The van der Waals surface area contributed by atoms with E-state index in [1.807, 2.05) is 54.6 Å². The molecule has 3 aromatic rings. The number of amides is 2. The van der Waals surface area contributed by atoms with Crippen molar-refractivity contribution < 1.29 is 18.0 Å². The minimum Gasteiger partial charge on any atom is -0.352 e. The molecule has 1 saturated carbocycles. The van der Waals surface area contributed by atoms with E-state index in [2.05, 4.69) is 26.1 Å². The molecule has 0 aromatic heterocycles. The van der Waals surface area contributed by atoms with Crippen LogP contribution >= 0.6 is 11.6 Å². The molecule has 1 fully saturated rings. The Morgan fingerprint density at radius 2 is 1.50 bits per heavy atom. The zero-order chi connectivity index (χ0) is 31.9. The fourth-order valence-electron chi connectivity index (χ4n) is 5.63. The summed E-state index contributed by atoms with van der Waals surface area (Å²) in [7, 11) is -3.83. The van der Waals surface area contributed by atoms with Crippen LogP contribution in [0, 0.1) is 0 Å². The van der Waals surface area contributed by atoms with Crippen LogP contribution in [0.1, 0.15) is 69.6 Å². The first-order valence-electron chi connectivity index (χ1n) is 15.3. The second-order valence-electron chi connectivity index (χ2n) is 12.8. The number of benzene rings is 3. The summed E-state index contributed by atoms with van der Waals surface area (Å²) in [6.45, 7) is 5.93. The molecule has 0 unspecified atom stereocenters. The molecule has 3 aromatic carbocycles. The van der Waals surface area contributed by atoms with Crippen LogP contribution < -0.4 is 9.62 Å². The Morgan fingerprint density at radius 3 is 2.07 bits per heavy atom. The summed E-state index contributed by atoms with van der Waals surface area (Å²) in [5.41, 5.74) is 3.02. The van der Waals surface area contributed by atoms with Crippen LogP contribution in [0.2, 0.25) is 5.02 Å². The van der Waals surface area contributed by atoms with Gasteiger partial charge in [0, 0.05) is 24.0 Å². The Labute approximate surface area is 267 Å². The Kier molecular flexibility index (Phi) is 11.1. The average Bonchev–Trinajstić information content (AvgIpc) is 2.98. The number of rotatable bonds is 11. The largest absolute Gasteiger partial charge is 0.352 e. The van der Waals surface area contributed by atoms with Crippen molar-refractivity contribution in [2.75, 3.05) is 17.1 Å². The number of halogens is 1. The Hall–Kier alpha value is -3.36. The van der Waals surface area contributed by atoms with Gasteiger partial charge in [-0.2, -0.15) is 0 Å². The monoisotopic (exact) mass is 637 g/mol. The van der Waals surface area contributed by atoms with Gasteiger partial charge in [-0.05, 0) is 59.2 Å². The van der Waals surface area contributed by atoms with Gasteiger partial charge in [0.15, 0.2) is 0 Å². The molecule has 0 bridgehead atoms.